The Morgan fingerprint density at radius 3 is 2.70 bits per heavy atom. The first kappa shape index (κ1) is 15.0. The molecule has 0 radical (unpaired) electrons. The maximum Gasteiger partial charge on any atom is 0.445 e. The summed E-state index contributed by atoms with van der Waals surface area (Å²) in [5.74, 6) is -0.912. The van der Waals surface area contributed by atoms with E-state index in [0.29, 0.717) is 37.1 Å². The Balaban J connectivity index is 2.21. The highest BCUT2D eigenvalue weighted by atomic mass is 32.1. The molecular weight excluding hydrogens is 295 g/mol. The standard InChI is InChI=1S/C11H14F3N3O2S/c1-2-10(8(18)19)4-3-5-17(6-10)9-16-15-7(20-9)11(12,13)14/h2-6H2,1H3,(H,18,19). The van der Waals surface area contributed by atoms with E-state index in [-0.39, 0.29) is 11.7 Å². The number of hydrogen-bond acceptors (Lipinski definition) is 5. The number of aromatic nitrogens is 2. The molecule has 1 N–H and O–H groups in total. The predicted molar refractivity (Wildman–Crippen MR) is 66.7 cm³/mol. The largest absolute Gasteiger partial charge is 0.481 e. The summed E-state index contributed by atoms with van der Waals surface area (Å²) in [6.45, 7) is 2.45. The highest BCUT2D eigenvalue weighted by Crippen LogP contribution is 2.39. The van der Waals surface area contributed by atoms with Crippen molar-refractivity contribution in [1.29, 1.82) is 0 Å². The van der Waals surface area contributed by atoms with Gasteiger partial charge in [-0.2, -0.15) is 13.2 Å². The number of halogens is 3. The molecule has 0 amide bonds. The van der Waals surface area contributed by atoms with Crippen molar-refractivity contribution in [3.8, 4) is 0 Å². The predicted octanol–water partition coefficient (Wildman–Crippen LogP) is 2.64. The fourth-order valence-electron chi connectivity index (χ4n) is 2.37. The first-order chi connectivity index (χ1) is 9.28. The number of carbonyl (C=O) groups is 1. The molecule has 1 fully saturated rings. The Morgan fingerprint density at radius 1 is 1.50 bits per heavy atom. The van der Waals surface area contributed by atoms with E-state index in [2.05, 4.69) is 10.2 Å². The van der Waals surface area contributed by atoms with Gasteiger partial charge in [-0.25, -0.2) is 0 Å². The van der Waals surface area contributed by atoms with Crippen molar-refractivity contribution in [3.05, 3.63) is 5.01 Å². The zero-order chi connectivity index (χ0) is 15.0. The Morgan fingerprint density at radius 2 is 2.20 bits per heavy atom. The van der Waals surface area contributed by atoms with E-state index < -0.39 is 22.6 Å². The summed E-state index contributed by atoms with van der Waals surface area (Å²) in [6, 6.07) is 0. The van der Waals surface area contributed by atoms with Gasteiger partial charge in [0.25, 0.3) is 0 Å². The third-order valence-electron chi connectivity index (χ3n) is 3.63. The van der Waals surface area contributed by atoms with Gasteiger partial charge in [0.15, 0.2) is 0 Å². The van der Waals surface area contributed by atoms with Gasteiger partial charge in [0.1, 0.15) is 0 Å². The van der Waals surface area contributed by atoms with Crippen molar-refractivity contribution in [1.82, 2.24) is 10.2 Å². The van der Waals surface area contributed by atoms with E-state index in [1.807, 2.05) is 0 Å². The quantitative estimate of drug-likeness (QED) is 0.930. The molecule has 1 aromatic heterocycles. The fourth-order valence-corrected chi connectivity index (χ4v) is 3.10. The van der Waals surface area contributed by atoms with Crippen LogP contribution in [0.2, 0.25) is 0 Å². The lowest BCUT2D eigenvalue weighted by atomic mass is 9.78. The van der Waals surface area contributed by atoms with Crippen molar-refractivity contribution in [2.45, 2.75) is 32.4 Å². The lowest BCUT2D eigenvalue weighted by molar-refractivity contribution is -0.149. The molecule has 1 aliphatic heterocycles. The second-order valence-corrected chi connectivity index (χ2v) is 5.81. The van der Waals surface area contributed by atoms with Crippen molar-refractivity contribution in [2.75, 3.05) is 18.0 Å². The number of rotatable bonds is 3. The number of anilines is 1. The second kappa shape index (κ2) is 5.19. The normalized spacial score (nSPS) is 23.9. The van der Waals surface area contributed by atoms with E-state index >= 15 is 0 Å². The minimum absolute atomic E-state index is 0.135. The van der Waals surface area contributed by atoms with Crippen LogP contribution in [-0.4, -0.2) is 34.4 Å². The van der Waals surface area contributed by atoms with Crippen LogP contribution in [0.25, 0.3) is 0 Å². The number of hydrogen-bond donors (Lipinski definition) is 1. The Kier molecular flexibility index (Phi) is 3.90. The molecule has 0 saturated carbocycles. The molecule has 2 heterocycles. The van der Waals surface area contributed by atoms with Crippen molar-refractivity contribution in [3.63, 3.8) is 0 Å². The molecule has 1 saturated heterocycles. The van der Waals surface area contributed by atoms with Crippen LogP contribution < -0.4 is 4.90 Å². The van der Waals surface area contributed by atoms with E-state index in [1.165, 1.54) is 0 Å². The van der Waals surface area contributed by atoms with Gasteiger partial charge in [0, 0.05) is 13.1 Å². The fraction of sp³-hybridized carbons (Fsp3) is 0.727. The van der Waals surface area contributed by atoms with Gasteiger partial charge in [-0.3, -0.25) is 4.79 Å². The number of nitrogens with zero attached hydrogens (tertiary/aromatic N) is 3. The summed E-state index contributed by atoms with van der Waals surface area (Å²) < 4.78 is 37.5. The molecule has 2 rings (SSSR count). The third-order valence-corrected chi connectivity index (χ3v) is 4.66. The van der Waals surface area contributed by atoms with Crippen molar-refractivity contribution in [2.24, 2.45) is 5.41 Å². The molecular formula is C11H14F3N3O2S. The number of alkyl halides is 3. The zero-order valence-corrected chi connectivity index (χ0v) is 11.6. The molecule has 1 unspecified atom stereocenters. The van der Waals surface area contributed by atoms with Crippen LogP contribution >= 0.6 is 11.3 Å². The molecule has 0 aliphatic carbocycles. The minimum Gasteiger partial charge on any atom is -0.481 e. The second-order valence-electron chi connectivity index (χ2n) is 4.85. The van der Waals surface area contributed by atoms with Crippen LogP contribution in [0.15, 0.2) is 0 Å². The Hall–Kier alpha value is -1.38. The van der Waals surface area contributed by atoms with E-state index in [9.17, 15) is 23.1 Å². The molecule has 0 bridgehead atoms. The summed E-state index contributed by atoms with van der Waals surface area (Å²) in [7, 11) is 0. The number of carboxylic acids is 1. The maximum absolute atomic E-state index is 12.5. The van der Waals surface area contributed by atoms with Crippen LogP contribution in [0.3, 0.4) is 0 Å². The zero-order valence-electron chi connectivity index (χ0n) is 10.8. The molecule has 9 heteroatoms. The summed E-state index contributed by atoms with van der Waals surface area (Å²) >= 11 is 0.455. The molecule has 0 aromatic carbocycles. The van der Waals surface area contributed by atoms with Gasteiger partial charge in [-0.05, 0) is 19.3 Å². The maximum atomic E-state index is 12.5. The van der Waals surface area contributed by atoms with E-state index in [1.54, 1.807) is 11.8 Å². The van der Waals surface area contributed by atoms with E-state index in [0.717, 1.165) is 0 Å². The van der Waals surface area contributed by atoms with Gasteiger partial charge in [0.2, 0.25) is 10.1 Å². The van der Waals surface area contributed by atoms with Crippen LogP contribution in [0, 0.1) is 5.41 Å². The smallest absolute Gasteiger partial charge is 0.445 e. The summed E-state index contributed by atoms with van der Waals surface area (Å²) in [5.41, 5.74) is -0.914. The lowest BCUT2D eigenvalue weighted by Gasteiger charge is -2.39. The molecule has 0 spiro atoms. The van der Waals surface area contributed by atoms with Crippen LogP contribution in [0.1, 0.15) is 31.2 Å². The summed E-state index contributed by atoms with van der Waals surface area (Å²) in [5, 5.41) is 15.2. The monoisotopic (exact) mass is 309 g/mol. The van der Waals surface area contributed by atoms with Gasteiger partial charge >= 0.3 is 12.1 Å². The summed E-state index contributed by atoms with van der Waals surface area (Å²) in [4.78, 5) is 13.0. The molecule has 1 aromatic rings. The molecule has 112 valence electrons. The molecule has 5 nitrogen and oxygen atoms in total. The Labute approximate surface area is 117 Å². The topological polar surface area (TPSA) is 66.3 Å². The molecule has 1 aliphatic rings. The minimum atomic E-state index is -4.51. The van der Waals surface area contributed by atoms with Crippen LogP contribution in [0.5, 0.6) is 0 Å². The van der Waals surface area contributed by atoms with Crippen molar-refractivity contribution < 1.29 is 23.1 Å². The lowest BCUT2D eigenvalue weighted by Crippen LogP contribution is -2.47. The van der Waals surface area contributed by atoms with Gasteiger partial charge in [0.05, 0.1) is 5.41 Å². The highest BCUT2D eigenvalue weighted by Gasteiger charge is 2.42. The van der Waals surface area contributed by atoms with Crippen LogP contribution in [-0.2, 0) is 11.0 Å². The molecule has 20 heavy (non-hydrogen) atoms. The van der Waals surface area contributed by atoms with Gasteiger partial charge in [-0.1, -0.05) is 18.3 Å². The molecule has 1 atom stereocenters. The Bertz CT molecular complexity index is 505. The third kappa shape index (κ3) is 2.72. The first-order valence-corrected chi connectivity index (χ1v) is 6.99. The average Bonchev–Trinajstić information content (AvgIpc) is 2.88. The van der Waals surface area contributed by atoms with Gasteiger partial charge in [-0.15, -0.1) is 10.2 Å². The first-order valence-electron chi connectivity index (χ1n) is 6.17. The SMILES string of the molecule is CCC1(C(=O)O)CCCN(c2nnc(C(F)(F)F)s2)C1. The van der Waals surface area contributed by atoms with Gasteiger partial charge < -0.3 is 10.0 Å². The number of carboxylic acid groups (broad SMARTS) is 1. The number of piperidine rings is 1. The summed E-state index contributed by atoms with van der Waals surface area (Å²) in [6.07, 6.45) is -2.94. The van der Waals surface area contributed by atoms with Crippen molar-refractivity contribution >= 4 is 22.4 Å². The van der Waals surface area contributed by atoms with Crippen LogP contribution in [0.4, 0.5) is 18.3 Å². The number of aliphatic carboxylic acids is 1. The van der Waals surface area contributed by atoms with E-state index in [4.69, 9.17) is 0 Å². The average molecular weight is 309 g/mol. The highest BCUT2D eigenvalue weighted by molar-refractivity contribution is 7.15.